The molecule has 0 aliphatic heterocycles. The summed E-state index contributed by atoms with van der Waals surface area (Å²) < 4.78 is 26.7. The van der Waals surface area contributed by atoms with Crippen LogP contribution < -0.4 is 9.62 Å². The Morgan fingerprint density at radius 2 is 1.59 bits per heavy atom. The van der Waals surface area contributed by atoms with Gasteiger partial charge in [0.05, 0.1) is 11.9 Å². The fourth-order valence-electron chi connectivity index (χ4n) is 4.05. The van der Waals surface area contributed by atoms with E-state index in [0.29, 0.717) is 18.7 Å². The van der Waals surface area contributed by atoms with Gasteiger partial charge >= 0.3 is 0 Å². The minimum absolute atomic E-state index is 0.0910. The minimum atomic E-state index is -3.76. The molecule has 204 valence electrons. The summed E-state index contributed by atoms with van der Waals surface area (Å²) in [7, 11) is -3.76. The van der Waals surface area contributed by atoms with Crippen LogP contribution in [0.3, 0.4) is 0 Å². The average Bonchev–Trinajstić information content (AvgIpc) is 2.80. The van der Waals surface area contributed by atoms with E-state index in [2.05, 4.69) is 26.1 Å². The molecule has 1 N–H and O–H groups in total. The lowest BCUT2D eigenvalue weighted by Gasteiger charge is -2.33. The molecular formula is C29H43N3O4S. The fraction of sp³-hybridized carbons (Fsp3) is 0.517. The quantitative estimate of drug-likeness (QED) is 0.460. The lowest BCUT2D eigenvalue weighted by atomic mass is 9.87. The van der Waals surface area contributed by atoms with Crippen molar-refractivity contribution in [3.8, 4) is 0 Å². The molecule has 0 bridgehead atoms. The van der Waals surface area contributed by atoms with Crippen LogP contribution in [0.15, 0.2) is 48.5 Å². The molecule has 2 amide bonds. The van der Waals surface area contributed by atoms with Gasteiger partial charge in [-0.3, -0.25) is 13.9 Å². The number of amides is 2. The average molecular weight is 530 g/mol. The van der Waals surface area contributed by atoms with E-state index in [1.807, 2.05) is 64.1 Å². The van der Waals surface area contributed by atoms with Crippen molar-refractivity contribution in [2.75, 3.05) is 23.7 Å². The summed E-state index contributed by atoms with van der Waals surface area (Å²) in [6.07, 6.45) is 1.50. The molecule has 0 aliphatic carbocycles. The third-order valence-electron chi connectivity index (χ3n) is 6.37. The Morgan fingerprint density at radius 1 is 1.00 bits per heavy atom. The summed E-state index contributed by atoms with van der Waals surface area (Å²) in [5, 5.41) is 2.94. The van der Waals surface area contributed by atoms with Gasteiger partial charge < -0.3 is 10.2 Å². The van der Waals surface area contributed by atoms with E-state index in [1.54, 1.807) is 12.1 Å². The molecule has 1 unspecified atom stereocenters. The molecule has 0 fully saturated rings. The van der Waals surface area contributed by atoms with Crippen LogP contribution in [0, 0.1) is 12.8 Å². The highest BCUT2D eigenvalue weighted by Gasteiger charge is 2.32. The van der Waals surface area contributed by atoms with Crippen LogP contribution in [-0.2, 0) is 31.6 Å². The van der Waals surface area contributed by atoms with E-state index in [0.717, 1.165) is 27.3 Å². The number of hydrogen-bond acceptors (Lipinski definition) is 4. The third-order valence-corrected chi connectivity index (χ3v) is 7.51. The van der Waals surface area contributed by atoms with Gasteiger partial charge in [0.2, 0.25) is 21.8 Å². The van der Waals surface area contributed by atoms with Gasteiger partial charge in [-0.15, -0.1) is 0 Å². The zero-order valence-corrected chi connectivity index (χ0v) is 24.4. The Kier molecular flexibility index (Phi) is 10.3. The standard InChI is InChI=1S/C29H43N3O4S/c1-9-26(28(34)30-18-21(2)3)31(19-23-13-11-10-12-22(23)4)27(33)20-32(37(8,35)36)25-16-14-24(15-17-25)29(5,6)7/h10-17,21,26H,9,18-20H2,1-8H3,(H,30,34). The van der Waals surface area contributed by atoms with Crippen molar-refractivity contribution < 1.29 is 18.0 Å². The zero-order chi connectivity index (χ0) is 28.0. The summed E-state index contributed by atoms with van der Waals surface area (Å²) >= 11 is 0. The van der Waals surface area contributed by atoms with Gasteiger partial charge in [0.25, 0.3) is 0 Å². The first-order valence-corrected chi connectivity index (χ1v) is 14.7. The number of hydrogen-bond donors (Lipinski definition) is 1. The van der Waals surface area contributed by atoms with E-state index in [1.165, 1.54) is 4.90 Å². The molecule has 0 heterocycles. The van der Waals surface area contributed by atoms with Crippen molar-refractivity contribution >= 4 is 27.5 Å². The largest absolute Gasteiger partial charge is 0.354 e. The first-order chi connectivity index (χ1) is 17.1. The molecule has 2 aromatic carbocycles. The minimum Gasteiger partial charge on any atom is -0.354 e. The van der Waals surface area contributed by atoms with E-state index in [9.17, 15) is 18.0 Å². The zero-order valence-electron chi connectivity index (χ0n) is 23.5. The van der Waals surface area contributed by atoms with Crippen LogP contribution in [0.1, 0.15) is 64.7 Å². The van der Waals surface area contributed by atoms with Gasteiger partial charge in [-0.1, -0.05) is 77.9 Å². The molecule has 0 aliphatic rings. The van der Waals surface area contributed by atoms with E-state index in [4.69, 9.17) is 0 Å². The lowest BCUT2D eigenvalue weighted by Crippen LogP contribution is -2.52. The van der Waals surface area contributed by atoms with Crippen molar-refractivity contribution in [2.24, 2.45) is 5.92 Å². The van der Waals surface area contributed by atoms with Gasteiger partial charge in [-0.25, -0.2) is 8.42 Å². The highest BCUT2D eigenvalue weighted by molar-refractivity contribution is 7.92. The maximum atomic E-state index is 13.8. The van der Waals surface area contributed by atoms with E-state index < -0.39 is 28.5 Å². The number of carbonyl (C=O) groups is 2. The molecule has 0 saturated carbocycles. The van der Waals surface area contributed by atoms with Crippen molar-refractivity contribution in [3.63, 3.8) is 0 Å². The van der Waals surface area contributed by atoms with Gasteiger partial charge in [-0.05, 0) is 53.5 Å². The smallest absolute Gasteiger partial charge is 0.244 e. The normalized spacial score (nSPS) is 12.8. The highest BCUT2D eigenvalue weighted by Crippen LogP contribution is 2.26. The van der Waals surface area contributed by atoms with E-state index in [-0.39, 0.29) is 23.8 Å². The van der Waals surface area contributed by atoms with E-state index >= 15 is 0 Å². The lowest BCUT2D eigenvalue weighted by molar-refractivity contribution is -0.140. The topological polar surface area (TPSA) is 86.8 Å². The van der Waals surface area contributed by atoms with Gasteiger partial charge in [0.1, 0.15) is 12.6 Å². The number of nitrogens with zero attached hydrogens (tertiary/aromatic N) is 2. The summed E-state index contributed by atoms with van der Waals surface area (Å²) in [4.78, 5) is 28.5. The third kappa shape index (κ3) is 8.59. The first kappa shape index (κ1) is 30.4. The second-order valence-corrected chi connectivity index (χ2v) is 13.0. The van der Waals surface area contributed by atoms with Gasteiger partial charge in [-0.2, -0.15) is 0 Å². The molecule has 37 heavy (non-hydrogen) atoms. The number of anilines is 1. The Hall–Kier alpha value is -2.87. The Bertz CT molecular complexity index is 1170. The molecule has 2 rings (SSSR count). The molecule has 7 nitrogen and oxygen atoms in total. The van der Waals surface area contributed by atoms with Crippen molar-refractivity contribution in [1.29, 1.82) is 0 Å². The number of nitrogens with one attached hydrogen (secondary N) is 1. The summed E-state index contributed by atoms with van der Waals surface area (Å²) in [5.41, 5.74) is 3.29. The van der Waals surface area contributed by atoms with Crippen LogP contribution >= 0.6 is 0 Å². The first-order valence-electron chi connectivity index (χ1n) is 12.8. The predicted molar refractivity (Wildman–Crippen MR) is 151 cm³/mol. The fourth-order valence-corrected chi connectivity index (χ4v) is 4.90. The van der Waals surface area contributed by atoms with Crippen molar-refractivity contribution in [2.45, 2.75) is 72.9 Å². The van der Waals surface area contributed by atoms with Crippen LogP contribution in [0.4, 0.5) is 5.69 Å². The van der Waals surface area contributed by atoms with Crippen molar-refractivity contribution in [3.05, 3.63) is 65.2 Å². The highest BCUT2D eigenvalue weighted by atomic mass is 32.2. The summed E-state index contributed by atoms with van der Waals surface area (Å²) in [5.74, 6) is -0.405. The van der Waals surface area contributed by atoms with Crippen LogP contribution in [0.25, 0.3) is 0 Å². The number of rotatable bonds is 11. The maximum Gasteiger partial charge on any atom is 0.244 e. The molecule has 0 aromatic heterocycles. The molecule has 0 spiro atoms. The van der Waals surface area contributed by atoms with Gasteiger partial charge in [0.15, 0.2) is 0 Å². The Labute approximate surface area is 223 Å². The number of benzene rings is 2. The summed E-state index contributed by atoms with van der Waals surface area (Å²) in [6.45, 7) is 14.4. The van der Waals surface area contributed by atoms with Crippen molar-refractivity contribution in [1.82, 2.24) is 10.2 Å². The van der Waals surface area contributed by atoms with Crippen LogP contribution in [0.5, 0.6) is 0 Å². The summed E-state index contributed by atoms with van der Waals surface area (Å²) in [6, 6.07) is 14.2. The Morgan fingerprint density at radius 3 is 2.08 bits per heavy atom. The molecule has 1 atom stereocenters. The Balaban J connectivity index is 2.44. The van der Waals surface area contributed by atoms with Crippen LogP contribution in [-0.4, -0.2) is 50.5 Å². The predicted octanol–water partition coefficient (Wildman–Crippen LogP) is 4.64. The maximum absolute atomic E-state index is 13.8. The molecule has 0 radical (unpaired) electrons. The SMILES string of the molecule is CCC(C(=O)NCC(C)C)N(Cc1ccccc1C)C(=O)CN(c1ccc(C(C)(C)C)cc1)S(C)(=O)=O. The monoisotopic (exact) mass is 529 g/mol. The number of carbonyl (C=O) groups excluding carboxylic acids is 2. The number of aryl methyl sites for hydroxylation is 1. The molecule has 8 heteroatoms. The molecule has 0 saturated heterocycles. The second kappa shape index (κ2) is 12.6. The molecule has 2 aromatic rings. The molecular weight excluding hydrogens is 486 g/mol. The number of sulfonamides is 1. The van der Waals surface area contributed by atoms with Gasteiger partial charge in [0, 0.05) is 13.1 Å². The van der Waals surface area contributed by atoms with Crippen LogP contribution in [0.2, 0.25) is 0 Å². The second-order valence-electron chi connectivity index (χ2n) is 11.1.